The molecule has 3 rings (SSSR count). The molecule has 0 amide bonds. The molecule has 2 aliphatic heterocycles. The number of piperidine rings is 1. The van der Waals surface area contributed by atoms with Crippen LogP contribution in [-0.4, -0.2) is 37.2 Å². The molecule has 0 aromatic heterocycles. The van der Waals surface area contributed by atoms with Gasteiger partial charge in [-0.15, -0.1) is 0 Å². The van der Waals surface area contributed by atoms with Crippen LogP contribution in [0.5, 0.6) is 0 Å². The molecule has 2 aliphatic rings. The van der Waals surface area contributed by atoms with Gasteiger partial charge in [0, 0.05) is 26.2 Å². The molecule has 1 fully saturated rings. The zero-order valence-corrected chi connectivity index (χ0v) is 12.7. The summed E-state index contributed by atoms with van der Waals surface area (Å²) in [5.74, 6) is 0. The summed E-state index contributed by atoms with van der Waals surface area (Å²) in [6.07, 6.45) is 3.60. The van der Waals surface area contributed by atoms with Crippen molar-refractivity contribution in [2.45, 2.75) is 44.4 Å². The van der Waals surface area contributed by atoms with Gasteiger partial charge in [-0.3, -0.25) is 4.90 Å². The minimum atomic E-state index is 0.0208. The van der Waals surface area contributed by atoms with Gasteiger partial charge in [-0.25, -0.2) is 0 Å². The van der Waals surface area contributed by atoms with Gasteiger partial charge >= 0.3 is 0 Å². The molecule has 1 N–H and O–H groups in total. The van der Waals surface area contributed by atoms with E-state index in [2.05, 4.69) is 41.4 Å². The molecule has 1 aromatic carbocycles. The molecule has 1 aromatic rings. The van der Waals surface area contributed by atoms with E-state index in [1.54, 1.807) is 0 Å². The van der Waals surface area contributed by atoms with Crippen LogP contribution in [-0.2, 0) is 11.3 Å². The highest BCUT2D eigenvalue weighted by atomic mass is 16.5. The van der Waals surface area contributed by atoms with Crippen molar-refractivity contribution in [2.75, 3.05) is 26.7 Å². The lowest BCUT2D eigenvalue weighted by Gasteiger charge is -2.43. The minimum Gasteiger partial charge on any atom is -0.377 e. The lowest BCUT2D eigenvalue weighted by molar-refractivity contribution is -0.0623. The third-order valence-corrected chi connectivity index (χ3v) is 4.95. The van der Waals surface area contributed by atoms with E-state index in [4.69, 9.17) is 4.74 Å². The van der Waals surface area contributed by atoms with Crippen LogP contribution in [0.4, 0.5) is 0 Å². The summed E-state index contributed by atoms with van der Waals surface area (Å²) < 4.78 is 5.76. The first kappa shape index (κ1) is 14.1. The van der Waals surface area contributed by atoms with Crippen molar-refractivity contribution in [3.63, 3.8) is 0 Å². The molecule has 0 spiro atoms. The monoisotopic (exact) mass is 274 g/mol. The van der Waals surface area contributed by atoms with Gasteiger partial charge < -0.3 is 10.1 Å². The van der Waals surface area contributed by atoms with Crippen LogP contribution in [0, 0.1) is 0 Å². The number of fused-ring (bicyclic) bond motifs is 1. The van der Waals surface area contributed by atoms with Crippen LogP contribution in [0.1, 0.15) is 43.4 Å². The van der Waals surface area contributed by atoms with Crippen LogP contribution >= 0.6 is 0 Å². The minimum absolute atomic E-state index is 0.0208. The molecule has 0 bridgehead atoms. The fraction of sp³-hybridized carbons (Fsp3) is 0.647. The Labute approximate surface area is 122 Å². The maximum atomic E-state index is 5.76. The van der Waals surface area contributed by atoms with Crippen molar-refractivity contribution >= 4 is 0 Å². The third-order valence-electron chi connectivity index (χ3n) is 4.95. The molecule has 110 valence electrons. The predicted molar refractivity (Wildman–Crippen MR) is 81.7 cm³/mol. The number of hydrogen-bond donors (Lipinski definition) is 1. The van der Waals surface area contributed by atoms with E-state index in [0.29, 0.717) is 6.04 Å². The van der Waals surface area contributed by atoms with Crippen molar-refractivity contribution in [1.29, 1.82) is 0 Å². The van der Waals surface area contributed by atoms with Crippen molar-refractivity contribution in [3.05, 3.63) is 35.4 Å². The normalized spacial score (nSPS) is 31.6. The first-order chi connectivity index (χ1) is 9.72. The van der Waals surface area contributed by atoms with E-state index in [1.165, 1.54) is 36.9 Å². The van der Waals surface area contributed by atoms with E-state index in [1.807, 2.05) is 7.11 Å². The molecule has 2 unspecified atom stereocenters. The number of methoxy groups -OCH3 is 1. The second-order valence-corrected chi connectivity index (χ2v) is 6.41. The molecule has 20 heavy (non-hydrogen) atoms. The van der Waals surface area contributed by atoms with Gasteiger partial charge in [-0.05, 0) is 50.4 Å². The smallest absolute Gasteiger partial charge is 0.0777 e. The summed E-state index contributed by atoms with van der Waals surface area (Å²) in [5.41, 5.74) is 2.99. The van der Waals surface area contributed by atoms with Crippen LogP contribution in [0.3, 0.4) is 0 Å². The molecule has 0 saturated carbocycles. The number of rotatable bonds is 2. The summed E-state index contributed by atoms with van der Waals surface area (Å²) in [4.78, 5) is 2.64. The first-order valence-corrected chi connectivity index (χ1v) is 7.80. The number of likely N-dealkylation sites (tertiary alicyclic amines) is 1. The summed E-state index contributed by atoms with van der Waals surface area (Å²) in [6, 6.07) is 9.44. The molecule has 2 heterocycles. The topological polar surface area (TPSA) is 24.5 Å². The lowest BCUT2D eigenvalue weighted by Crippen LogP contribution is -2.48. The molecule has 1 saturated heterocycles. The highest BCUT2D eigenvalue weighted by Gasteiger charge is 2.35. The fourth-order valence-electron chi connectivity index (χ4n) is 3.69. The standard InChI is InChI=1S/C17H26N2O/c1-17(20-2)9-5-11-19(13-17)16-8-10-18-12-14-6-3-4-7-15(14)16/h3-4,6-7,16,18H,5,8-13H2,1-2H3. The van der Waals surface area contributed by atoms with Gasteiger partial charge in [0.25, 0.3) is 0 Å². The van der Waals surface area contributed by atoms with E-state index < -0.39 is 0 Å². The molecular formula is C17H26N2O. The van der Waals surface area contributed by atoms with Crippen molar-refractivity contribution in [2.24, 2.45) is 0 Å². The van der Waals surface area contributed by atoms with Crippen LogP contribution in [0.25, 0.3) is 0 Å². The Hall–Kier alpha value is -0.900. The average Bonchev–Trinajstić information content (AvgIpc) is 2.70. The maximum absolute atomic E-state index is 5.76. The maximum Gasteiger partial charge on any atom is 0.0777 e. The predicted octanol–water partition coefficient (Wildman–Crippen LogP) is 2.72. The van der Waals surface area contributed by atoms with E-state index in [0.717, 1.165) is 19.6 Å². The molecule has 2 atom stereocenters. The Kier molecular flexibility index (Phi) is 4.11. The average molecular weight is 274 g/mol. The number of ether oxygens (including phenoxy) is 1. The van der Waals surface area contributed by atoms with Crippen molar-refractivity contribution in [3.8, 4) is 0 Å². The van der Waals surface area contributed by atoms with E-state index in [9.17, 15) is 0 Å². The van der Waals surface area contributed by atoms with Gasteiger partial charge in [0.05, 0.1) is 5.60 Å². The summed E-state index contributed by atoms with van der Waals surface area (Å²) in [6.45, 7) is 6.59. The third kappa shape index (κ3) is 2.76. The first-order valence-electron chi connectivity index (χ1n) is 7.80. The second kappa shape index (κ2) is 5.84. The van der Waals surface area contributed by atoms with E-state index >= 15 is 0 Å². The zero-order valence-electron chi connectivity index (χ0n) is 12.7. The fourth-order valence-corrected chi connectivity index (χ4v) is 3.69. The van der Waals surface area contributed by atoms with Gasteiger partial charge in [-0.2, -0.15) is 0 Å². The molecular weight excluding hydrogens is 248 g/mol. The lowest BCUT2D eigenvalue weighted by atomic mass is 9.90. The highest BCUT2D eigenvalue weighted by Crippen LogP contribution is 2.34. The number of hydrogen-bond acceptors (Lipinski definition) is 3. The SMILES string of the molecule is COC1(C)CCCN(C2CCNCc3ccccc32)C1. The quantitative estimate of drug-likeness (QED) is 0.897. The summed E-state index contributed by atoms with van der Waals surface area (Å²) >= 11 is 0. The molecule has 0 aliphatic carbocycles. The molecule has 3 heteroatoms. The van der Waals surface area contributed by atoms with Crippen molar-refractivity contribution < 1.29 is 4.74 Å². The zero-order chi connectivity index (χ0) is 14.0. The number of benzene rings is 1. The Morgan fingerprint density at radius 2 is 2.20 bits per heavy atom. The largest absolute Gasteiger partial charge is 0.377 e. The van der Waals surface area contributed by atoms with Crippen LogP contribution in [0.15, 0.2) is 24.3 Å². The summed E-state index contributed by atoms with van der Waals surface area (Å²) in [7, 11) is 1.85. The number of nitrogens with zero attached hydrogens (tertiary/aromatic N) is 1. The number of nitrogens with one attached hydrogen (secondary N) is 1. The van der Waals surface area contributed by atoms with Gasteiger partial charge in [0.1, 0.15) is 0 Å². The van der Waals surface area contributed by atoms with Crippen LogP contribution in [0.2, 0.25) is 0 Å². The Morgan fingerprint density at radius 1 is 1.35 bits per heavy atom. The van der Waals surface area contributed by atoms with Gasteiger partial charge in [-0.1, -0.05) is 24.3 Å². The highest BCUT2D eigenvalue weighted by molar-refractivity contribution is 5.31. The summed E-state index contributed by atoms with van der Waals surface area (Å²) in [5, 5.41) is 3.55. The van der Waals surface area contributed by atoms with Gasteiger partial charge in [0.15, 0.2) is 0 Å². The van der Waals surface area contributed by atoms with E-state index in [-0.39, 0.29) is 5.60 Å². The molecule has 3 nitrogen and oxygen atoms in total. The Morgan fingerprint density at radius 3 is 3.05 bits per heavy atom. The molecule has 0 radical (unpaired) electrons. The Balaban J connectivity index is 1.86. The van der Waals surface area contributed by atoms with Crippen LogP contribution < -0.4 is 5.32 Å². The van der Waals surface area contributed by atoms with Crippen molar-refractivity contribution in [1.82, 2.24) is 10.2 Å². The Bertz CT molecular complexity index is 462. The second-order valence-electron chi connectivity index (χ2n) is 6.41. The van der Waals surface area contributed by atoms with Gasteiger partial charge in [0.2, 0.25) is 0 Å².